The molecule has 0 unspecified atom stereocenters. The third-order valence-electron chi connectivity index (χ3n) is 7.22. The standard InChI is InChI=1S/C33H54NO.F6P/c1-4-5-6-7-8-9-10-11-12-13-14-15-16-17-18-22-29-35-33-27-25-31(26-28-33)30-34(2,3)32-23-20-19-21-24-32;1-7(2,3,4,5)6/h19-21,23-28H,4-18,22,29-30H2,1-3H3;/q+1;-1. The first-order valence-corrected chi connectivity index (χ1v) is 17.8. The van der Waals surface area contributed by atoms with Gasteiger partial charge < -0.3 is 4.74 Å². The van der Waals surface area contributed by atoms with Gasteiger partial charge in [0.25, 0.3) is 0 Å². The van der Waals surface area contributed by atoms with Crippen LogP contribution in [-0.2, 0) is 6.54 Å². The summed E-state index contributed by atoms with van der Waals surface area (Å²) in [7, 11) is -6.14. The van der Waals surface area contributed by atoms with Gasteiger partial charge in [0.15, 0.2) is 0 Å². The molecule has 2 nitrogen and oxygen atoms in total. The molecule has 42 heavy (non-hydrogen) atoms. The van der Waals surface area contributed by atoms with Gasteiger partial charge >= 0.3 is 33.0 Å². The van der Waals surface area contributed by atoms with E-state index in [1.54, 1.807) is 0 Å². The Balaban J connectivity index is 0.00000112. The number of quaternary nitrogens is 1. The summed E-state index contributed by atoms with van der Waals surface area (Å²) in [5.74, 6) is 1.000. The Bertz CT molecular complexity index is 939. The normalized spacial score (nSPS) is 13.5. The van der Waals surface area contributed by atoms with Gasteiger partial charge in [0.2, 0.25) is 0 Å². The molecule has 0 N–H and O–H groups in total. The topological polar surface area (TPSA) is 9.23 Å². The number of rotatable bonds is 21. The van der Waals surface area contributed by atoms with Crippen LogP contribution in [0, 0.1) is 0 Å². The monoisotopic (exact) mass is 625 g/mol. The van der Waals surface area contributed by atoms with Crippen molar-refractivity contribution in [3.63, 3.8) is 0 Å². The molecule has 0 aliphatic rings. The predicted molar refractivity (Wildman–Crippen MR) is 169 cm³/mol. The van der Waals surface area contributed by atoms with Crippen LogP contribution in [0.5, 0.6) is 5.75 Å². The van der Waals surface area contributed by atoms with Crippen molar-refractivity contribution in [2.24, 2.45) is 0 Å². The molecule has 0 fully saturated rings. The minimum absolute atomic E-state index is 0.837. The van der Waals surface area contributed by atoms with E-state index in [0.29, 0.717) is 0 Å². The number of unbranched alkanes of at least 4 members (excludes halogenated alkanes) is 15. The summed E-state index contributed by atoms with van der Waals surface area (Å²) in [6.45, 7) is 4.11. The van der Waals surface area contributed by atoms with E-state index in [2.05, 4.69) is 75.6 Å². The Morgan fingerprint density at radius 3 is 1.33 bits per heavy atom. The summed E-state index contributed by atoms with van der Waals surface area (Å²) in [5, 5.41) is 0. The van der Waals surface area contributed by atoms with E-state index in [9.17, 15) is 25.2 Å². The van der Waals surface area contributed by atoms with Gasteiger partial charge in [-0.2, -0.15) is 0 Å². The molecule has 0 saturated heterocycles. The molecule has 0 atom stereocenters. The summed E-state index contributed by atoms with van der Waals surface area (Å²) in [6, 6.07) is 19.4. The summed E-state index contributed by atoms with van der Waals surface area (Å²) in [5.41, 5.74) is 2.67. The molecule has 0 saturated carbocycles. The predicted octanol–water partition coefficient (Wildman–Crippen LogP) is 13.5. The number of benzene rings is 2. The fraction of sp³-hybridized carbons (Fsp3) is 0.636. The third-order valence-corrected chi connectivity index (χ3v) is 7.22. The van der Waals surface area contributed by atoms with Crippen LogP contribution in [-0.4, -0.2) is 20.7 Å². The fourth-order valence-electron chi connectivity index (χ4n) is 4.91. The zero-order valence-electron chi connectivity index (χ0n) is 26.0. The van der Waals surface area contributed by atoms with Crippen molar-refractivity contribution in [1.29, 1.82) is 0 Å². The Labute approximate surface area is 250 Å². The van der Waals surface area contributed by atoms with Crippen molar-refractivity contribution in [2.75, 3.05) is 20.7 Å². The van der Waals surface area contributed by atoms with E-state index >= 15 is 0 Å². The number of ether oxygens (including phenoxy) is 1. The van der Waals surface area contributed by atoms with Crippen LogP contribution in [0.1, 0.15) is 115 Å². The Morgan fingerprint density at radius 1 is 0.548 bits per heavy atom. The van der Waals surface area contributed by atoms with E-state index in [1.165, 1.54) is 108 Å². The van der Waals surface area contributed by atoms with Gasteiger partial charge in [-0.05, 0) is 42.8 Å². The van der Waals surface area contributed by atoms with Crippen molar-refractivity contribution in [1.82, 2.24) is 4.48 Å². The van der Waals surface area contributed by atoms with Crippen LogP contribution in [0.2, 0.25) is 0 Å². The average Bonchev–Trinajstić information content (AvgIpc) is 2.90. The molecule has 0 aromatic heterocycles. The van der Waals surface area contributed by atoms with Crippen LogP contribution in [0.3, 0.4) is 0 Å². The molecule has 0 heterocycles. The van der Waals surface area contributed by atoms with Gasteiger partial charge in [-0.25, -0.2) is 0 Å². The zero-order valence-corrected chi connectivity index (χ0v) is 26.9. The zero-order chi connectivity index (χ0) is 31.4. The molecule has 0 aliphatic carbocycles. The Hall–Kier alpha value is -1.79. The first-order valence-electron chi connectivity index (χ1n) is 15.7. The van der Waals surface area contributed by atoms with Crippen LogP contribution in [0.25, 0.3) is 0 Å². The number of halogens is 6. The van der Waals surface area contributed by atoms with Crippen LogP contribution < -0.4 is 9.22 Å². The van der Waals surface area contributed by atoms with Crippen LogP contribution >= 0.6 is 7.81 Å². The number of hydrogen-bond acceptors (Lipinski definition) is 1. The number of para-hydroxylation sites is 1. The van der Waals surface area contributed by atoms with E-state index in [1.807, 2.05) is 0 Å². The van der Waals surface area contributed by atoms with E-state index in [0.717, 1.165) is 29.8 Å². The van der Waals surface area contributed by atoms with Gasteiger partial charge in [-0.1, -0.05) is 121 Å². The maximum absolute atomic E-state index is 10.7. The molecule has 244 valence electrons. The summed E-state index contributed by atoms with van der Waals surface area (Å²) in [6.07, 6.45) is 22.5. The molecule has 0 amide bonds. The third kappa shape index (κ3) is 24.8. The van der Waals surface area contributed by atoms with Gasteiger partial charge in [-0.15, -0.1) is 0 Å². The van der Waals surface area contributed by atoms with Gasteiger partial charge in [0.1, 0.15) is 18.0 Å². The quantitative estimate of drug-likeness (QED) is 0.0580. The molecular weight excluding hydrogens is 571 g/mol. The molecule has 0 spiro atoms. The summed E-state index contributed by atoms with van der Waals surface area (Å²) in [4.78, 5) is 0. The summed E-state index contributed by atoms with van der Waals surface area (Å²) >= 11 is 0. The van der Waals surface area contributed by atoms with Crippen molar-refractivity contribution < 1.29 is 29.9 Å². The van der Waals surface area contributed by atoms with E-state index in [4.69, 9.17) is 4.74 Å². The van der Waals surface area contributed by atoms with E-state index in [-0.39, 0.29) is 0 Å². The van der Waals surface area contributed by atoms with Gasteiger partial charge in [0, 0.05) is 5.56 Å². The van der Waals surface area contributed by atoms with Crippen molar-refractivity contribution in [2.45, 2.75) is 116 Å². The summed E-state index contributed by atoms with van der Waals surface area (Å²) < 4.78 is 66.0. The average molecular weight is 626 g/mol. The molecule has 9 heteroatoms. The first-order chi connectivity index (χ1) is 19.6. The molecule has 2 aromatic carbocycles. The van der Waals surface area contributed by atoms with Crippen LogP contribution in [0.4, 0.5) is 30.9 Å². The number of hydrogen-bond donors (Lipinski definition) is 0. The van der Waals surface area contributed by atoms with Gasteiger partial charge in [-0.3, -0.25) is 4.48 Å². The van der Waals surface area contributed by atoms with Crippen molar-refractivity contribution >= 4 is 13.5 Å². The maximum atomic E-state index is 9.87. The second-order valence-electron chi connectivity index (χ2n) is 11.9. The van der Waals surface area contributed by atoms with Crippen LogP contribution in [0.15, 0.2) is 54.6 Å². The fourth-order valence-corrected chi connectivity index (χ4v) is 4.91. The van der Waals surface area contributed by atoms with Gasteiger partial charge in [0.05, 0.1) is 20.7 Å². The number of nitrogens with zero attached hydrogens (tertiary/aromatic N) is 1. The van der Waals surface area contributed by atoms with E-state index < -0.39 is 7.81 Å². The molecule has 2 rings (SSSR count). The molecule has 0 bridgehead atoms. The van der Waals surface area contributed by atoms with Crippen molar-refractivity contribution in [3.8, 4) is 5.75 Å². The second-order valence-corrected chi connectivity index (χ2v) is 13.8. The SMILES string of the molecule is CCCCCCCCCCCCCCCCCCOc1ccc(C[N+](C)(C)c2ccccc2)cc1.F[P-](F)(F)(F)(F)F. The Kier molecular flexibility index (Phi) is 16.5. The molecule has 0 radical (unpaired) electrons. The Morgan fingerprint density at radius 2 is 0.929 bits per heavy atom. The second kappa shape index (κ2) is 18.1. The first kappa shape index (κ1) is 38.2. The molecule has 0 aliphatic heterocycles. The minimum atomic E-state index is -10.7. The molecule has 2 aromatic rings. The molecular formula is C33H54F6NOP. The van der Waals surface area contributed by atoms with Crippen molar-refractivity contribution in [3.05, 3.63) is 60.2 Å².